The number of hydrogen-bond acceptors (Lipinski definition) is 4. The van der Waals surface area contributed by atoms with E-state index in [1.54, 1.807) is 7.11 Å². The molecule has 0 aromatic heterocycles. The fraction of sp³-hybridized carbons (Fsp3) is 0.538. The summed E-state index contributed by atoms with van der Waals surface area (Å²) in [4.78, 5) is 2.14. The van der Waals surface area contributed by atoms with Gasteiger partial charge in [0.1, 0.15) is 5.75 Å². The molecular formula is C13H19NO3. The van der Waals surface area contributed by atoms with E-state index in [1.807, 2.05) is 12.1 Å². The number of benzene rings is 1. The Balaban J connectivity index is 2.11. The summed E-state index contributed by atoms with van der Waals surface area (Å²) in [6.07, 6.45) is 0.302. The van der Waals surface area contributed by atoms with Crippen LogP contribution in [0.15, 0.2) is 18.2 Å². The van der Waals surface area contributed by atoms with Gasteiger partial charge in [0, 0.05) is 25.2 Å². The predicted octanol–water partition coefficient (Wildman–Crippen LogP) is 0.406. The Morgan fingerprint density at radius 2 is 2.29 bits per heavy atom. The zero-order valence-electron chi connectivity index (χ0n) is 10.1. The Hall–Kier alpha value is -1.10. The lowest BCUT2D eigenvalue weighted by Gasteiger charge is -2.30. The maximum Gasteiger partial charge on any atom is 0.123 e. The van der Waals surface area contributed by atoms with Crippen molar-refractivity contribution in [1.82, 2.24) is 4.90 Å². The number of nitrogens with zero attached hydrogens (tertiary/aromatic N) is 1. The van der Waals surface area contributed by atoms with Crippen molar-refractivity contribution in [2.45, 2.75) is 19.1 Å². The highest BCUT2D eigenvalue weighted by Crippen LogP contribution is 2.27. The van der Waals surface area contributed by atoms with Gasteiger partial charge in [-0.05, 0) is 18.1 Å². The van der Waals surface area contributed by atoms with Gasteiger partial charge in [-0.2, -0.15) is 0 Å². The molecule has 2 rings (SSSR count). The van der Waals surface area contributed by atoms with Crippen molar-refractivity contribution in [3.8, 4) is 5.75 Å². The van der Waals surface area contributed by atoms with Gasteiger partial charge in [0.05, 0.1) is 19.8 Å². The van der Waals surface area contributed by atoms with E-state index in [2.05, 4.69) is 11.0 Å². The number of methoxy groups -OCH3 is 1. The lowest BCUT2D eigenvalue weighted by atomic mass is 9.98. The van der Waals surface area contributed by atoms with E-state index in [1.165, 1.54) is 11.1 Å². The molecule has 1 aliphatic heterocycles. The van der Waals surface area contributed by atoms with Crippen LogP contribution in [-0.2, 0) is 13.0 Å². The third-order valence-corrected chi connectivity index (χ3v) is 3.21. The fourth-order valence-corrected chi connectivity index (χ4v) is 2.31. The van der Waals surface area contributed by atoms with Gasteiger partial charge >= 0.3 is 0 Å². The number of rotatable bonds is 4. The summed E-state index contributed by atoms with van der Waals surface area (Å²) < 4.78 is 5.35. The average molecular weight is 237 g/mol. The number of ether oxygens (including phenoxy) is 1. The lowest BCUT2D eigenvalue weighted by molar-refractivity contribution is 0.0548. The molecule has 1 aromatic carbocycles. The summed E-state index contributed by atoms with van der Waals surface area (Å²) in [6, 6.07) is 6.10. The van der Waals surface area contributed by atoms with Crippen molar-refractivity contribution in [2.75, 3.05) is 26.8 Å². The maximum absolute atomic E-state index is 9.46. The molecule has 1 unspecified atom stereocenters. The van der Waals surface area contributed by atoms with Crippen LogP contribution in [0.25, 0.3) is 0 Å². The van der Waals surface area contributed by atoms with Crippen LogP contribution >= 0.6 is 0 Å². The average Bonchev–Trinajstić information content (AvgIpc) is 2.37. The Kier molecular flexibility index (Phi) is 3.99. The number of fused-ring (bicyclic) bond motifs is 1. The van der Waals surface area contributed by atoms with Gasteiger partial charge in [-0.15, -0.1) is 0 Å². The highest BCUT2D eigenvalue weighted by molar-refractivity contribution is 5.41. The number of β-amino-alcohol motifs (C(OH)–C–C–N with tert-alkyl or cyclic N) is 1. The molecule has 1 heterocycles. The highest BCUT2D eigenvalue weighted by atomic mass is 16.5. The van der Waals surface area contributed by atoms with E-state index < -0.39 is 6.10 Å². The largest absolute Gasteiger partial charge is 0.496 e. The van der Waals surface area contributed by atoms with Crippen molar-refractivity contribution in [2.24, 2.45) is 0 Å². The quantitative estimate of drug-likeness (QED) is 0.796. The van der Waals surface area contributed by atoms with Gasteiger partial charge in [-0.1, -0.05) is 12.1 Å². The summed E-state index contributed by atoms with van der Waals surface area (Å²) in [7, 11) is 1.68. The molecule has 1 aliphatic rings. The van der Waals surface area contributed by atoms with E-state index in [0.717, 1.165) is 25.3 Å². The van der Waals surface area contributed by atoms with Gasteiger partial charge in [-0.25, -0.2) is 0 Å². The first-order valence-corrected chi connectivity index (χ1v) is 5.90. The molecule has 0 saturated carbocycles. The van der Waals surface area contributed by atoms with Gasteiger partial charge in [0.25, 0.3) is 0 Å². The van der Waals surface area contributed by atoms with E-state index in [-0.39, 0.29) is 6.61 Å². The Labute approximate surface area is 101 Å². The summed E-state index contributed by atoms with van der Waals surface area (Å²) in [5.74, 6) is 0.908. The standard InChI is InChI=1S/C13H19NO3/c1-17-13-4-2-3-10-5-6-14(8-12(10)13)7-11(16)9-15/h2-4,11,15-16H,5-9H2,1H3. The molecular weight excluding hydrogens is 218 g/mol. The van der Waals surface area contributed by atoms with Crippen molar-refractivity contribution in [3.63, 3.8) is 0 Å². The smallest absolute Gasteiger partial charge is 0.123 e. The number of hydrogen-bond donors (Lipinski definition) is 2. The molecule has 0 spiro atoms. The van der Waals surface area contributed by atoms with Crippen molar-refractivity contribution in [3.05, 3.63) is 29.3 Å². The van der Waals surface area contributed by atoms with Crippen LogP contribution < -0.4 is 4.74 Å². The van der Waals surface area contributed by atoms with Crippen LogP contribution in [0.1, 0.15) is 11.1 Å². The number of aliphatic hydroxyl groups is 2. The van der Waals surface area contributed by atoms with Gasteiger partial charge in [0.2, 0.25) is 0 Å². The van der Waals surface area contributed by atoms with Crippen LogP contribution in [0.4, 0.5) is 0 Å². The molecule has 0 fully saturated rings. The molecule has 0 saturated heterocycles. The van der Waals surface area contributed by atoms with Crippen molar-refractivity contribution >= 4 is 0 Å². The molecule has 0 radical (unpaired) electrons. The Morgan fingerprint density at radius 3 is 3.00 bits per heavy atom. The van der Waals surface area contributed by atoms with Crippen LogP contribution in [-0.4, -0.2) is 48.0 Å². The molecule has 1 aromatic rings. The molecule has 2 N–H and O–H groups in total. The zero-order valence-corrected chi connectivity index (χ0v) is 10.1. The third-order valence-electron chi connectivity index (χ3n) is 3.21. The third kappa shape index (κ3) is 2.77. The SMILES string of the molecule is COc1cccc2c1CN(CC(O)CO)CC2. The lowest BCUT2D eigenvalue weighted by Crippen LogP contribution is -2.38. The monoisotopic (exact) mass is 237 g/mol. The predicted molar refractivity (Wildman–Crippen MR) is 65.1 cm³/mol. The van der Waals surface area contributed by atoms with Crippen LogP contribution in [0.5, 0.6) is 5.75 Å². The molecule has 1 atom stereocenters. The van der Waals surface area contributed by atoms with E-state index in [0.29, 0.717) is 6.54 Å². The van der Waals surface area contributed by atoms with E-state index in [4.69, 9.17) is 9.84 Å². The second-order valence-corrected chi connectivity index (χ2v) is 4.42. The molecule has 0 aliphatic carbocycles. The minimum atomic E-state index is -0.661. The van der Waals surface area contributed by atoms with Gasteiger partial charge in [-0.3, -0.25) is 4.90 Å². The first-order valence-electron chi connectivity index (χ1n) is 5.90. The Morgan fingerprint density at radius 1 is 1.47 bits per heavy atom. The molecule has 0 bridgehead atoms. The fourth-order valence-electron chi connectivity index (χ4n) is 2.31. The molecule has 4 nitrogen and oxygen atoms in total. The normalized spacial score (nSPS) is 17.6. The van der Waals surface area contributed by atoms with Gasteiger partial charge in [0.15, 0.2) is 0 Å². The van der Waals surface area contributed by atoms with Crippen molar-refractivity contribution in [1.29, 1.82) is 0 Å². The molecule has 17 heavy (non-hydrogen) atoms. The zero-order chi connectivity index (χ0) is 12.3. The summed E-state index contributed by atoms with van der Waals surface area (Å²) in [5.41, 5.74) is 2.52. The van der Waals surface area contributed by atoms with E-state index >= 15 is 0 Å². The van der Waals surface area contributed by atoms with Crippen LogP contribution in [0, 0.1) is 0 Å². The Bertz CT molecular complexity index is 367. The first kappa shape index (κ1) is 12.4. The van der Waals surface area contributed by atoms with E-state index in [9.17, 15) is 5.11 Å². The van der Waals surface area contributed by atoms with Crippen molar-refractivity contribution < 1.29 is 14.9 Å². The summed E-state index contributed by atoms with van der Waals surface area (Å²) in [5, 5.41) is 18.3. The summed E-state index contributed by atoms with van der Waals surface area (Å²) >= 11 is 0. The number of aliphatic hydroxyl groups excluding tert-OH is 2. The summed E-state index contributed by atoms with van der Waals surface area (Å²) in [6.45, 7) is 2.01. The molecule has 0 amide bonds. The van der Waals surface area contributed by atoms with Gasteiger partial charge < -0.3 is 14.9 Å². The second-order valence-electron chi connectivity index (χ2n) is 4.42. The molecule has 4 heteroatoms. The highest BCUT2D eigenvalue weighted by Gasteiger charge is 2.20. The topological polar surface area (TPSA) is 52.9 Å². The second kappa shape index (κ2) is 5.49. The minimum Gasteiger partial charge on any atom is -0.496 e. The first-order chi connectivity index (χ1) is 8.24. The molecule has 94 valence electrons. The van der Waals surface area contributed by atoms with Crippen LogP contribution in [0.3, 0.4) is 0 Å². The minimum absolute atomic E-state index is 0.185. The maximum atomic E-state index is 9.46. The van der Waals surface area contributed by atoms with Crippen LogP contribution in [0.2, 0.25) is 0 Å².